The van der Waals surface area contributed by atoms with Gasteiger partial charge in [-0.3, -0.25) is 0 Å². The highest BCUT2D eigenvalue weighted by Gasteiger charge is 2.34. The van der Waals surface area contributed by atoms with Gasteiger partial charge in [-0.1, -0.05) is 41.9 Å². The molecule has 0 fully saturated rings. The van der Waals surface area contributed by atoms with Crippen LogP contribution in [0.25, 0.3) is 11.4 Å². The standard InChI is InChI=1S/C17H13ClF3N3/c1-11-5-2-3-6-12(11)9-24-10-22-23-16(24)13-7-4-8-14(15(13)18)17(19,20)21/h2-8,10H,9H2,1H3. The largest absolute Gasteiger partial charge is 0.417 e. The highest BCUT2D eigenvalue weighted by atomic mass is 35.5. The van der Waals surface area contributed by atoms with Crippen LogP contribution in [-0.2, 0) is 12.7 Å². The van der Waals surface area contributed by atoms with E-state index >= 15 is 0 Å². The van der Waals surface area contributed by atoms with E-state index in [-0.39, 0.29) is 10.6 Å². The number of hydrogen-bond acceptors (Lipinski definition) is 2. The number of rotatable bonds is 3. The van der Waals surface area contributed by atoms with Gasteiger partial charge in [-0.25, -0.2) is 0 Å². The van der Waals surface area contributed by atoms with Crippen molar-refractivity contribution in [3.63, 3.8) is 0 Å². The zero-order valence-electron chi connectivity index (χ0n) is 12.7. The first-order valence-electron chi connectivity index (χ1n) is 7.16. The molecular weight excluding hydrogens is 339 g/mol. The molecule has 0 amide bonds. The number of hydrogen-bond donors (Lipinski definition) is 0. The lowest BCUT2D eigenvalue weighted by Gasteiger charge is -2.13. The van der Waals surface area contributed by atoms with E-state index in [0.29, 0.717) is 12.4 Å². The molecule has 2 aromatic carbocycles. The van der Waals surface area contributed by atoms with Crippen molar-refractivity contribution < 1.29 is 13.2 Å². The summed E-state index contributed by atoms with van der Waals surface area (Å²) < 4.78 is 40.8. The number of benzene rings is 2. The number of aromatic nitrogens is 3. The van der Waals surface area contributed by atoms with E-state index in [0.717, 1.165) is 17.2 Å². The summed E-state index contributed by atoms with van der Waals surface area (Å²) in [6.45, 7) is 2.41. The second kappa shape index (κ2) is 6.28. The van der Waals surface area contributed by atoms with Crippen LogP contribution in [0.5, 0.6) is 0 Å². The van der Waals surface area contributed by atoms with E-state index < -0.39 is 11.7 Å². The highest BCUT2D eigenvalue weighted by Crippen LogP contribution is 2.39. The molecule has 3 nitrogen and oxygen atoms in total. The van der Waals surface area contributed by atoms with Crippen LogP contribution < -0.4 is 0 Å². The Morgan fingerprint density at radius 1 is 1.08 bits per heavy atom. The Labute approximate surface area is 141 Å². The first-order valence-corrected chi connectivity index (χ1v) is 7.54. The number of nitrogens with zero attached hydrogens (tertiary/aromatic N) is 3. The molecule has 124 valence electrons. The molecule has 0 atom stereocenters. The Hall–Kier alpha value is -2.34. The Bertz CT molecular complexity index is 872. The van der Waals surface area contributed by atoms with Crippen molar-refractivity contribution in [2.24, 2.45) is 0 Å². The smallest absolute Gasteiger partial charge is 0.309 e. The van der Waals surface area contributed by atoms with Gasteiger partial charge in [0.2, 0.25) is 0 Å². The lowest BCUT2D eigenvalue weighted by molar-refractivity contribution is -0.137. The van der Waals surface area contributed by atoms with Crippen LogP contribution in [0.4, 0.5) is 13.2 Å². The summed E-state index contributed by atoms with van der Waals surface area (Å²) in [4.78, 5) is 0. The molecule has 3 aromatic rings. The minimum atomic E-state index is -4.52. The second-order valence-electron chi connectivity index (χ2n) is 5.37. The van der Waals surface area contributed by atoms with Crippen LogP contribution in [0.2, 0.25) is 5.02 Å². The van der Waals surface area contributed by atoms with Crippen molar-refractivity contribution in [3.05, 3.63) is 70.5 Å². The summed E-state index contributed by atoms with van der Waals surface area (Å²) in [7, 11) is 0. The third kappa shape index (κ3) is 3.14. The van der Waals surface area contributed by atoms with Crippen LogP contribution in [0.3, 0.4) is 0 Å². The first-order chi connectivity index (χ1) is 11.4. The molecule has 0 aliphatic heterocycles. The zero-order valence-corrected chi connectivity index (χ0v) is 13.4. The molecule has 24 heavy (non-hydrogen) atoms. The predicted octanol–water partition coefficient (Wildman–Crippen LogP) is 4.97. The Morgan fingerprint density at radius 2 is 1.83 bits per heavy atom. The van der Waals surface area contributed by atoms with Crippen LogP contribution >= 0.6 is 11.6 Å². The van der Waals surface area contributed by atoms with E-state index in [1.807, 2.05) is 31.2 Å². The molecule has 0 saturated carbocycles. The predicted molar refractivity (Wildman–Crippen MR) is 85.8 cm³/mol. The third-order valence-corrected chi connectivity index (χ3v) is 4.17. The molecule has 0 N–H and O–H groups in total. The third-order valence-electron chi connectivity index (χ3n) is 3.76. The maximum absolute atomic E-state index is 13.0. The van der Waals surface area contributed by atoms with Gasteiger partial charge in [0, 0.05) is 5.56 Å². The molecule has 0 aliphatic carbocycles. The van der Waals surface area contributed by atoms with Crippen molar-refractivity contribution in [2.75, 3.05) is 0 Å². The SMILES string of the molecule is Cc1ccccc1Cn1cnnc1-c1cccc(C(F)(F)F)c1Cl. The summed E-state index contributed by atoms with van der Waals surface area (Å²) in [5.41, 5.74) is 1.43. The molecule has 0 spiro atoms. The number of halogens is 4. The van der Waals surface area contributed by atoms with Gasteiger partial charge >= 0.3 is 6.18 Å². The van der Waals surface area contributed by atoms with E-state index in [2.05, 4.69) is 10.2 Å². The molecule has 3 rings (SSSR count). The summed E-state index contributed by atoms with van der Waals surface area (Å²) in [5.74, 6) is 0.300. The molecule has 0 bridgehead atoms. The van der Waals surface area contributed by atoms with Crippen LogP contribution in [0, 0.1) is 6.92 Å². The van der Waals surface area contributed by atoms with E-state index in [4.69, 9.17) is 11.6 Å². The molecule has 0 saturated heterocycles. The van der Waals surface area contributed by atoms with Gasteiger partial charge in [-0.2, -0.15) is 13.2 Å². The van der Waals surface area contributed by atoms with Gasteiger partial charge in [-0.05, 0) is 30.2 Å². The van der Waals surface area contributed by atoms with Crippen LogP contribution in [0.15, 0.2) is 48.8 Å². The summed E-state index contributed by atoms with van der Waals surface area (Å²) in [5, 5.41) is 7.42. The van der Waals surface area contributed by atoms with Crippen molar-refractivity contribution in [1.82, 2.24) is 14.8 Å². The minimum Gasteiger partial charge on any atom is -0.309 e. The van der Waals surface area contributed by atoms with Gasteiger partial charge < -0.3 is 4.57 Å². The maximum atomic E-state index is 13.0. The Kier molecular flexibility index (Phi) is 4.32. The summed E-state index contributed by atoms with van der Waals surface area (Å²) >= 11 is 5.99. The fourth-order valence-electron chi connectivity index (χ4n) is 2.47. The van der Waals surface area contributed by atoms with E-state index in [9.17, 15) is 13.2 Å². The lowest BCUT2D eigenvalue weighted by atomic mass is 10.1. The van der Waals surface area contributed by atoms with E-state index in [1.165, 1.54) is 18.5 Å². The molecule has 1 heterocycles. The van der Waals surface area contributed by atoms with Crippen molar-refractivity contribution in [2.45, 2.75) is 19.6 Å². The number of alkyl halides is 3. The molecular formula is C17H13ClF3N3. The average Bonchev–Trinajstić information content (AvgIpc) is 2.96. The van der Waals surface area contributed by atoms with Crippen molar-refractivity contribution in [3.8, 4) is 11.4 Å². The molecule has 0 radical (unpaired) electrons. The fourth-order valence-corrected chi connectivity index (χ4v) is 2.79. The van der Waals surface area contributed by atoms with Gasteiger partial charge in [0.1, 0.15) is 6.33 Å². The molecule has 0 unspecified atom stereocenters. The second-order valence-corrected chi connectivity index (χ2v) is 5.75. The van der Waals surface area contributed by atoms with Crippen molar-refractivity contribution >= 4 is 11.6 Å². The van der Waals surface area contributed by atoms with Crippen LogP contribution in [-0.4, -0.2) is 14.8 Å². The maximum Gasteiger partial charge on any atom is 0.417 e. The highest BCUT2D eigenvalue weighted by molar-refractivity contribution is 6.34. The number of aryl methyl sites for hydroxylation is 1. The average molecular weight is 352 g/mol. The van der Waals surface area contributed by atoms with Gasteiger partial charge in [0.05, 0.1) is 17.1 Å². The quantitative estimate of drug-likeness (QED) is 0.666. The van der Waals surface area contributed by atoms with Crippen molar-refractivity contribution in [1.29, 1.82) is 0 Å². The zero-order chi connectivity index (χ0) is 17.3. The molecule has 7 heteroatoms. The fraction of sp³-hybridized carbons (Fsp3) is 0.176. The van der Waals surface area contributed by atoms with Crippen LogP contribution in [0.1, 0.15) is 16.7 Å². The Morgan fingerprint density at radius 3 is 2.54 bits per heavy atom. The Balaban J connectivity index is 2.04. The topological polar surface area (TPSA) is 30.7 Å². The van der Waals surface area contributed by atoms with Gasteiger partial charge in [0.25, 0.3) is 0 Å². The summed E-state index contributed by atoms with van der Waals surface area (Å²) in [6, 6.07) is 11.5. The van der Waals surface area contributed by atoms with E-state index in [1.54, 1.807) is 4.57 Å². The van der Waals surface area contributed by atoms with Gasteiger partial charge in [-0.15, -0.1) is 10.2 Å². The summed E-state index contributed by atoms with van der Waals surface area (Å²) in [6.07, 6.45) is -3.04. The minimum absolute atomic E-state index is 0.206. The molecule has 0 aliphatic rings. The lowest BCUT2D eigenvalue weighted by Crippen LogP contribution is -2.08. The normalized spacial score (nSPS) is 11.7. The first kappa shape index (κ1) is 16.5. The monoisotopic (exact) mass is 351 g/mol. The van der Waals surface area contributed by atoms with Gasteiger partial charge in [0.15, 0.2) is 5.82 Å². The molecule has 1 aromatic heterocycles.